The van der Waals surface area contributed by atoms with E-state index in [9.17, 15) is 4.79 Å². The zero-order valence-electron chi connectivity index (χ0n) is 11.5. The molecule has 1 N–H and O–H groups in total. The molecule has 1 amide bonds. The van der Waals surface area contributed by atoms with Crippen LogP contribution in [0.15, 0.2) is 30.3 Å². The summed E-state index contributed by atoms with van der Waals surface area (Å²) in [5.74, 6) is 0.573. The molecule has 0 saturated heterocycles. The Balaban J connectivity index is 2.32. The molecule has 0 bridgehead atoms. The molecule has 1 atom stereocenters. The fourth-order valence-electron chi connectivity index (χ4n) is 1.83. The first-order valence-electron chi connectivity index (χ1n) is 6.59. The number of rotatable bonds is 6. The molecule has 0 radical (unpaired) electrons. The van der Waals surface area contributed by atoms with Gasteiger partial charge in [-0.2, -0.15) is 0 Å². The van der Waals surface area contributed by atoms with E-state index in [1.807, 2.05) is 30.3 Å². The van der Waals surface area contributed by atoms with Gasteiger partial charge in [0, 0.05) is 6.04 Å². The number of hydrogen-bond donors (Lipinski definition) is 1. The van der Waals surface area contributed by atoms with Crippen LogP contribution in [0.2, 0.25) is 0 Å². The lowest BCUT2D eigenvalue weighted by atomic mass is 10.0. The van der Waals surface area contributed by atoms with Gasteiger partial charge in [0.2, 0.25) is 0 Å². The van der Waals surface area contributed by atoms with Crippen molar-refractivity contribution in [2.24, 2.45) is 5.92 Å². The summed E-state index contributed by atoms with van der Waals surface area (Å²) in [5, 5.41) is 2.91. The number of hydrogen-bond acceptors (Lipinski definition) is 2. The van der Waals surface area contributed by atoms with Crippen LogP contribution in [-0.4, -0.2) is 12.1 Å². The van der Waals surface area contributed by atoms with E-state index in [-0.39, 0.29) is 12.1 Å². The Morgan fingerprint density at radius 1 is 1.28 bits per heavy atom. The Labute approximate surface area is 110 Å². The van der Waals surface area contributed by atoms with Gasteiger partial charge in [-0.15, -0.1) is 0 Å². The highest BCUT2D eigenvalue weighted by Gasteiger charge is 2.12. The molecule has 0 aliphatic heterocycles. The van der Waals surface area contributed by atoms with Crippen LogP contribution >= 0.6 is 0 Å². The van der Waals surface area contributed by atoms with E-state index in [1.54, 1.807) is 0 Å². The van der Waals surface area contributed by atoms with E-state index in [1.165, 1.54) is 0 Å². The van der Waals surface area contributed by atoms with Crippen molar-refractivity contribution in [2.45, 2.75) is 46.3 Å². The highest BCUT2D eigenvalue weighted by Crippen LogP contribution is 2.08. The normalized spacial score (nSPS) is 12.2. The zero-order valence-corrected chi connectivity index (χ0v) is 11.5. The van der Waals surface area contributed by atoms with Gasteiger partial charge in [-0.1, -0.05) is 51.1 Å². The Kier molecular flexibility index (Phi) is 6.26. The minimum Gasteiger partial charge on any atom is -0.445 e. The second-order valence-corrected chi connectivity index (χ2v) is 4.94. The number of carbonyl (C=O) groups is 1. The van der Waals surface area contributed by atoms with Crippen LogP contribution < -0.4 is 5.32 Å². The van der Waals surface area contributed by atoms with Gasteiger partial charge in [0.15, 0.2) is 0 Å². The van der Waals surface area contributed by atoms with Crippen molar-refractivity contribution < 1.29 is 9.53 Å². The van der Waals surface area contributed by atoms with Crippen LogP contribution in [0, 0.1) is 5.92 Å². The molecule has 18 heavy (non-hydrogen) atoms. The summed E-state index contributed by atoms with van der Waals surface area (Å²) in [6.45, 7) is 6.70. The van der Waals surface area contributed by atoms with Crippen molar-refractivity contribution in [2.75, 3.05) is 0 Å². The standard InChI is InChI=1S/C15H23NO2/c1-4-14(10-12(2)3)16-15(17)18-11-13-8-6-5-7-9-13/h5-9,12,14H,4,10-11H2,1-3H3,(H,16,17)/t14-/m1/s1. The largest absolute Gasteiger partial charge is 0.445 e. The van der Waals surface area contributed by atoms with Crippen LogP contribution in [0.4, 0.5) is 4.79 Å². The first kappa shape index (κ1) is 14.6. The lowest BCUT2D eigenvalue weighted by Crippen LogP contribution is -2.35. The van der Waals surface area contributed by atoms with Crippen molar-refractivity contribution in [1.29, 1.82) is 0 Å². The maximum atomic E-state index is 11.6. The fourth-order valence-corrected chi connectivity index (χ4v) is 1.83. The van der Waals surface area contributed by atoms with E-state index in [0.717, 1.165) is 18.4 Å². The van der Waals surface area contributed by atoms with Crippen molar-refractivity contribution in [3.05, 3.63) is 35.9 Å². The third kappa shape index (κ3) is 5.71. The average Bonchev–Trinajstić information content (AvgIpc) is 2.36. The quantitative estimate of drug-likeness (QED) is 0.834. The Morgan fingerprint density at radius 3 is 2.50 bits per heavy atom. The number of nitrogens with one attached hydrogen (secondary N) is 1. The molecular weight excluding hydrogens is 226 g/mol. The average molecular weight is 249 g/mol. The number of benzene rings is 1. The van der Waals surface area contributed by atoms with Crippen molar-refractivity contribution in [1.82, 2.24) is 5.32 Å². The van der Waals surface area contributed by atoms with Gasteiger partial charge in [0.25, 0.3) is 0 Å². The van der Waals surface area contributed by atoms with Gasteiger partial charge in [-0.3, -0.25) is 0 Å². The number of alkyl carbamates (subject to hydrolysis) is 1. The molecule has 3 heteroatoms. The molecule has 0 aliphatic carbocycles. The smallest absolute Gasteiger partial charge is 0.407 e. The Hall–Kier alpha value is -1.51. The molecule has 100 valence electrons. The number of ether oxygens (including phenoxy) is 1. The van der Waals surface area contributed by atoms with Crippen LogP contribution in [-0.2, 0) is 11.3 Å². The molecule has 0 spiro atoms. The third-order valence-corrected chi connectivity index (χ3v) is 2.78. The molecule has 0 aliphatic rings. The summed E-state index contributed by atoms with van der Waals surface area (Å²) in [6.07, 6.45) is 1.58. The Bertz CT molecular complexity index is 349. The lowest BCUT2D eigenvalue weighted by molar-refractivity contribution is 0.134. The van der Waals surface area contributed by atoms with Gasteiger partial charge in [0.1, 0.15) is 6.61 Å². The molecule has 3 nitrogen and oxygen atoms in total. The summed E-state index contributed by atoms with van der Waals surface area (Å²) in [5.41, 5.74) is 1.00. The SMILES string of the molecule is CC[C@H](CC(C)C)NC(=O)OCc1ccccc1. The van der Waals surface area contributed by atoms with E-state index in [4.69, 9.17) is 4.74 Å². The number of carbonyl (C=O) groups excluding carboxylic acids is 1. The molecule has 0 heterocycles. The molecule has 0 fully saturated rings. The van der Waals surface area contributed by atoms with Crippen molar-refractivity contribution in [3.8, 4) is 0 Å². The van der Waals surface area contributed by atoms with Gasteiger partial charge >= 0.3 is 6.09 Å². The second kappa shape index (κ2) is 7.75. The van der Waals surface area contributed by atoms with Crippen molar-refractivity contribution in [3.63, 3.8) is 0 Å². The first-order valence-corrected chi connectivity index (χ1v) is 6.59. The van der Waals surface area contributed by atoms with E-state index < -0.39 is 0 Å². The summed E-state index contributed by atoms with van der Waals surface area (Å²) >= 11 is 0. The highest BCUT2D eigenvalue weighted by atomic mass is 16.5. The van der Waals surface area contributed by atoms with Crippen LogP contribution in [0.1, 0.15) is 39.2 Å². The van der Waals surface area contributed by atoms with Gasteiger partial charge in [-0.25, -0.2) is 4.79 Å². The summed E-state index contributed by atoms with van der Waals surface area (Å²) < 4.78 is 5.19. The maximum absolute atomic E-state index is 11.6. The third-order valence-electron chi connectivity index (χ3n) is 2.78. The molecule has 0 unspecified atom stereocenters. The Morgan fingerprint density at radius 2 is 1.94 bits per heavy atom. The predicted octanol–water partition coefficient (Wildman–Crippen LogP) is 3.74. The van der Waals surface area contributed by atoms with E-state index in [2.05, 4.69) is 26.1 Å². The van der Waals surface area contributed by atoms with Crippen LogP contribution in [0.3, 0.4) is 0 Å². The molecule has 0 saturated carbocycles. The molecular formula is C15H23NO2. The highest BCUT2D eigenvalue weighted by molar-refractivity contribution is 5.67. The summed E-state index contributed by atoms with van der Waals surface area (Å²) in [6, 6.07) is 9.90. The monoisotopic (exact) mass is 249 g/mol. The maximum Gasteiger partial charge on any atom is 0.407 e. The van der Waals surface area contributed by atoms with Crippen molar-refractivity contribution >= 4 is 6.09 Å². The molecule has 1 aromatic carbocycles. The van der Waals surface area contributed by atoms with Crippen LogP contribution in [0.25, 0.3) is 0 Å². The van der Waals surface area contributed by atoms with E-state index in [0.29, 0.717) is 12.5 Å². The molecule has 1 aromatic rings. The molecule has 0 aromatic heterocycles. The van der Waals surface area contributed by atoms with E-state index >= 15 is 0 Å². The minimum absolute atomic E-state index is 0.202. The summed E-state index contributed by atoms with van der Waals surface area (Å²) in [4.78, 5) is 11.6. The lowest BCUT2D eigenvalue weighted by Gasteiger charge is -2.18. The zero-order chi connectivity index (χ0) is 13.4. The first-order chi connectivity index (χ1) is 8.61. The summed E-state index contributed by atoms with van der Waals surface area (Å²) in [7, 11) is 0. The van der Waals surface area contributed by atoms with Gasteiger partial charge < -0.3 is 10.1 Å². The number of amides is 1. The topological polar surface area (TPSA) is 38.3 Å². The second-order valence-electron chi connectivity index (χ2n) is 4.94. The van der Waals surface area contributed by atoms with Crippen LogP contribution in [0.5, 0.6) is 0 Å². The minimum atomic E-state index is -0.327. The molecule has 1 rings (SSSR count). The predicted molar refractivity (Wildman–Crippen MR) is 73.3 cm³/mol. The van der Waals surface area contributed by atoms with Gasteiger partial charge in [0.05, 0.1) is 0 Å². The van der Waals surface area contributed by atoms with Gasteiger partial charge in [-0.05, 0) is 24.3 Å². The fraction of sp³-hybridized carbons (Fsp3) is 0.533.